The van der Waals surface area contributed by atoms with Gasteiger partial charge in [-0.3, -0.25) is 9.36 Å². The molecule has 2 aromatic heterocycles. The van der Waals surface area contributed by atoms with Crippen molar-refractivity contribution in [2.75, 3.05) is 0 Å². The fraction of sp³-hybridized carbons (Fsp3) is 0.211. The summed E-state index contributed by atoms with van der Waals surface area (Å²) in [6.45, 7) is 2.32. The summed E-state index contributed by atoms with van der Waals surface area (Å²) < 4.78 is 31.4. The second-order valence-corrected chi connectivity index (χ2v) is 6.86. The molecule has 5 nitrogen and oxygen atoms in total. The summed E-state index contributed by atoms with van der Waals surface area (Å²) in [4.78, 5) is 3.95. The lowest BCUT2D eigenvalue weighted by Crippen LogP contribution is -2.22. The number of hydrogen-bond acceptors (Lipinski definition) is 3. The van der Waals surface area contributed by atoms with Gasteiger partial charge in [-0.15, -0.1) is 0 Å². The third-order valence-electron chi connectivity index (χ3n) is 4.74. The number of halogens is 3. The summed E-state index contributed by atoms with van der Waals surface area (Å²) in [6, 6.07) is 8.92. The van der Waals surface area contributed by atoms with Crippen molar-refractivity contribution in [1.82, 2.24) is 24.5 Å². The van der Waals surface area contributed by atoms with Gasteiger partial charge in [0.25, 0.3) is 0 Å². The van der Waals surface area contributed by atoms with Crippen LogP contribution in [0.5, 0.6) is 0 Å². The zero-order valence-corrected chi connectivity index (χ0v) is 15.2. The van der Waals surface area contributed by atoms with Crippen molar-refractivity contribution in [3.05, 3.63) is 77.5 Å². The molecule has 0 unspecified atom stereocenters. The molecule has 2 heterocycles. The Kier molecular flexibility index (Phi) is 4.61. The highest BCUT2D eigenvalue weighted by molar-refractivity contribution is 6.31. The van der Waals surface area contributed by atoms with Crippen LogP contribution in [0.15, 0.2) is 55.2 Å². The molecule has 0 N–H and O–H groups in total. The Hall–Kier alpha value is -2.80. The molecule has 0 aliphatic heterocycles. The molecule has 27 heavy (non-hydrogen) atoms. The summed E-state index contributed by atoms with van der Waals surface area (Å²) in [5.41, 5.74) is 1.29. The van der Waals surface area contributed by atoms with E-state index in [2.05, 4.69) is 15.2 Å². The molecule has 2 atom stereocenters. The lowest BCUT2D eigenvalue weighted by atomic mass is 9.91. The summed E-state index contributed by atoms with van der Waals surface area (Å²) in [5.74, 6) is -1.54. The standard InChI is InChI=1S/C19H16ClF2N5/c1-12(27-19-5-2-14(20)6-13(19)8-24-27)17(9-26-11-23-10-25-26)16-4-3-15(21)7-18(16)22/h2-8,10-12,17H,9H2,1H3/t12-,17-/m1/s1. The lowest BCUT2D eigenvalue weighted by Gasteiger charge is -2.26. The zero-order chi connectivity index (χ0) is 19.0. The molecule has 0 saturated carbocycles. The van der Waals surface area contributed by atoms with Crippen LogP contribution in [0.4, 0.5) is 8.78 Å². The Morgan fingerprint density at radius 2 is 1.96 bits per heavy atom. The quantitative estimate of drug-likeness (QED) is 0.502. The minimum atomic E-state index is -0.609. The van der Waals surface area contributed by atoms with Crippen molar-refractivity contribution in [1.29, 1.82) is 0 Å². The van der Waals surface area contributed by atoms with Crippen LogP contribution in [0.2, 0.25) is 5.02 Å². The average molecular weight is 388 g/mol. The first kappa shape index (κ1) is 17.6. The molecule has 0 spiro atoms. The van der Waals surface area contributed by atoms with Gasteiger partial charge in [0.05, 0.1) is 24.3 Å². The molecule has 8 heteroatoms. The second-order valence-electron chi connectivity index (χ2n) is 6.42. The zero-order valence-electron chi connectivity index (χ0n) is 14.4. The largest absolute Gasteiger partial charge is 0.261 e. The normalized spacial score (nSPS) is 13.8. The highest BCUT2D eigenvalue weighted by Crippen LogP contribution is 2.34. The highest BCUT2D eigenvalue weighted by Gasteiger charge is 2.26. The first-order chi connectivity index (χ1) is 13.0. The van der Waals surface area contributed by atoms with Gasteiger partial charge in [0.15, 0.2) is 0 Å². The third kappa shape index (κ3) is 3.42. The van der Waals surface area contributed by atoms with E-state index in [1.807, 2.05) is 23.7 Å². The topological polar surface area (TPSA) is 48.5 Å². The average Bonchev–Trinajstić information content (AvgIpc) is 3.29. The maximum Gasteiger partial charge on any atom is 0.137 e. The minimum absolute atomic E-state index is 0.229. The fourth-order valence-electron chi connectivity index (χ4n) is 3.36. The van der Waals surface area contributed by atoms with Crippen molar-refractivity contribution >= 4 is 22.5 Å². The number of hydrogen-bond donors (Lipinski definition) is 0. The van der Waals surface area contributed by atoms with E-state index in [-0.39, 0.29) is 12.0 Å². The van der Waals surface area contributed by atoms with Gasteiger partial charge in [-0.25, -0.2) is 13.8 Å². The van der Waals surface area contributed by atoms with E-state index in [0.29, 0.717) is 17.1 Å². The fourth-order valence-corrected chi connectivity index (χ4v) is 3.54. The molecule has 0 radical (unpaired) electrons. The third-order valence-corrected chi connectivity index (χ3v) is 4.97. The van der Waals surface area contributed by atoms with Crippen molar-refractivity contribution in [3.63, 3.8) is 0 Å². The number of nitrogens with zero attached hydrogens (tertiary/aromatic N) is 5. The first-order valence-electron chi connectivity index (χ1n) is 8.43. The molecule has 2 aromatic carbocycles. The number of aromatic nitrogens is 5. The number of rotatable bonds is 5. The van der Waals surface area contributed by atoms with E-state index in [4.69, 9.17) is 11.6 Å². The SMILES string of the molecule is C[C@H]([C@@H](Cn1cncn1)c1ccc(F)cc1F)n1ncc2cc(Cl)ccc21. The van der Waals surface area contributed by atoms with Crippen molar-refractivity contribution in [3.8, 4) is 0 Å². The molecular weight excluding hydrogens is 372 g/mol. The predicted octanol–water partition coefficient (Wildman–Crippen LogP) is 4.60. The Balaban J connectivity index is 1.79. The monoisotopic (exact) mass is 387 g/mol. The second kappa shape index (κ2) is 7.08. The van der Waals surface area contributed by atoms with E-state index in [9.17, 15) is 8.78 Å². The Morgan fingerprint density at radius 3 is 2.70 bits per heavy atom. The Labute approximate surface area is 159 Å². The molecule has 0 bridgehead atoms. The number of benzene rings is 2. The van der Waals surface area contributed by atoms with E-state index >= 15 is 0 Å². The van der Waals surface area contributed by atoms with Crippen LogP contribution in [-0.2, 0) is 6.54 Å². The maximum absolute atomic E-state index is 14.6. The molecule has 4 rings (SSSR count). The van der Waals surface area contributed by atoms with E-state index in [1.165, 1.54) is 18.5 Å². The van der Waals surface area contributed by atoms with Crippen LogP contribution in [0, 0.1) is 11.6 Å². The van der Waals surface area contributed by atoms with Gasteiger partial charge in [0.2, 0.25) is 0 Å². The lowest BCUT2D eigenvalue weighted by molar-refractivity contribution is 0.357. The van der Waals surface area contributed by atoms with Crippen molar-refractivity contribution in [2.24, 2.45) is 0 Å². The van der Waals surface area contributed by atoms with Crippen LogP contribution < -0.4 is 0 Å². The smallest absolute Gasteiger partial charge is 0.137 e. The van der Waals surface area contributed by atoms with Gasteiger partial charge >= 0.3 is 0 Å². The van der Waals surface area contributed by atoms with Crippen LogP contribution in [0.3, 0.4) is 0 Å². The van der Waals surface area contributed by atoms with Crippen LogP contribution in [0.1, 0.15) is 24.4 Å². The summed E-state index contributed by atoms with van der Waals surface area (Å²) in [6.07, 6.45) is 4.72. The van der Waals surface area contributed by atoms with Crippen molar-refractivity contribution < 1.29 is 8.78 Å². The van der Waals surface area contributed by atoms with Gasteiger partial charge in [-0.1, -0.05) is 17.7 Å². The Bertz CT molecular complexity index is 1080. The highest BCUT2D eigenvalue weighted by atomic mass is 35.5. The van der Waals surface area contributed by atoms with Gasteiger partial charge in [0.1, 0.15) is 24.3 Å². The molecule has 0 aliphatic carbocycles. The van der Waals surface area contributed by atoms with Gasteiger partial charge in [-0.05, 0) is 36.8 Å². The van der Waals surface area contributed by atoms with E-state index < -0.39 is 11.6 Å². The van der Waals surface area contributed by atoms with E-state index in [1.54, 1.807) is 23.3 Å². The molecule has 138 valence electrons. The van der Waals surface area contributed by atoms with E-state index in [0.717, 1.165) is 17.0 Å². The summed E-state index contributed by atoms with van der Waals surface area (Å²) in [7, 11) is 0. The van der Waals surface area contributed by atoms with Crippen LogP contribution in [0.25, 0.3) is 10.9 Å². The van der Waals surface area contributed by atoms with Crippen LogP contribution >= 0.6 is 11.6 Å². The molecule has 0 amide bonds. The summed E-state index contributed by atoms with van der Waals surface area (Å²) >= 11 is 6.06. The first-order valence-corrected chi connectivity index (χ1v) is 8.81. The minimum Gasteiger partial charge on any atom is -0.261 e. The molecular formula is C19H16ClF2N5. The van der Waals surface area contributed by atoms with Crippen LogP contribution in [-0.4, -0.2) is 24.5 Å². The molecule has 0 fully saturated rings. The molecule has 4 aromatic rings. The maximum atomic E-state index is 14.6. The Morgan fingerprint density at radius 1 is 1.11 bits per heavy atom. The molecule has 0 saturated heterocycles. The van der Waals surface area contributed by atoms with Gasteiger partial charge in [-0.2, -0.15) is 10.2 Å². The van der Waals surface area contributed by atoms with Gasteiger partial charge in [0, 0.05) is 22.4 Å². The van der Waals surface area contributed by atoms with Gasteiger partial charge < -0.3 is 0 Å². The molecule has 0 aliphatic rings. The number of fused-ring (bicyclic) bond motifs is 1. The van der Waals surface area contributed by atoms with Crippen molar-refractivity contribution in [2.45, 2.75) is 25.4 Å². The predicted molar refractivity (Wildman–Crippen MR) is 98.6 cm³/mol. The summed E-state index contributed by atoms with van der Waals surface area (Å²) in [5, 5.41) is 10.1.